The first-order valence-electron chi connectivity index (χ1n) is 6.78. The van der Waals surface area contributed by atoms with Gasteiger partial charge in [0.25, 0.3) is 0 Å². The Morgan fingerprint density at radius 2 is 1.94 bits per heavy atom. The van der Waals surface area contributed by atoms with Crippen molar-refractivity contribution in [3.8, 4) is 0 Å². The molecule has 1 atom stereocenters. The molecular formula is C14H21N3. The summed E-state index contributed by atoms with van der Waals surface area (Å²) in [6.07, 6.45) is 8.07. The maximum atomic E-state index is 4.14. The molecule has 2 fully saturated rings. The first-order chi connectivity index (χ1) is 8.43. The number of piperazine rings is 1. The molecule has 0 radical (unpaired) electrons. The number of nitrogens with one attached hydrogen (secondary N) is 1. The Morgan fingerprint density at radius 1 is 1.24 bits per heavy atom. The Kier molecular flexibility index (Phi) is 3.39. The van der Waals surface area contributed by atoms with Gasteiger partial charge in [-0.1, -0.05) is 12.8 Å². The summed E-state index contributed by atoms with van der Waals surface area (Å²) in [4.78, 5) is 6.78. The fourth-order valence-corrected chi connectivity index (χ4v) is 2.74. The van der Waals surface area contributed by atoms with E-state index in [1.54, 1.807) is 0 Å². The lowest BCUT2D eigenvalue weighted by Gasteiger charge is -2.35. The zero-order chi connectivity index (χ0) is 11.5. The Balaban J connectivity index is 1.75. The molecule has 0 spiro atoms. The van der Waals surface area contributed by atoms with Gasteiger partial charge in [-0.25, -0.2) is 0 Å². The van der Waals surface area contributed by atoms with Gasteiger partial charge in [-0.3, -0.25) is 9.88 Å². The monoisotopic (exact) mass is 231 g/mol. The second kappa shape index (κ2) is 5.15. The number of nitrogens with zero attached hydrogens (tertiary/aromatic N) is 2. The molecule has 92 valence electrons. The highest BCUT2D eigenvalue weighted by molar-refractivity contribution is 5.16. The van der Waals surface area contributed by atoms with E-state index < -0.39 is 0 Å². The Morgan fingerprint density at radius 3 is 2.59 bits per heavy atom. The van der Waals surface area contributed by atoms with Crippen molar-refractivity contribution in [2.24, 2.45) is 5.92 Å². The first kappa shape index (κ1) is 11.2. The molecule has 1 N–H and O–H groups in total. The molecule has 1 aromatic heterocycles. The number of aromatic nitrogens is 1. The van der Waals surface area contributed by atoms with Crippen molar-refractivity contribution < 1.29 is 0 Å². The minimum absolute atomic E-state index is 0.618. The average molecular weight is 231 g/mol. The summed E-state index contributed by atoms with van der Waals surface area (Å²) in [7, 11) is 0. The second-order valence-electron chi connectivity index (χ2n) is 5.26. The normalized spacial score (nSPS) is 23.5. The van der Waals surface area contributed by atoms with E-state index in [1.165, 1.54) is 37.9 Å². The van der Waals surface area contributed by atoms with E-state index in [0.717, 1.165) is 19.0 Å². The highest BCUT2D eigenvalue weighted by Crippen LogP contribution is 2.39. The smallest absolute Gasteiger partial charge is 0.0352 e. The van der Waals surface area contributed by atoms with Gasteiger partial charge in [-0.2, -0.15) is 0 Å². The topological polar surface area (TPSA) is 28.2 Å². The van der Waals surface area contributed by atoms with Crippen LogP contribution in [-0.2, 0) is 0 Å². The molecule has 3 rings (SSSR count). The minimum Gasteiger partial charge on any atom is -0.314 e. The van der Waals surface area contributed by atoms with Gasteiger partial charge >= 0.3 is 0 Å². The van der Waals surface area contributed by atoms with E-state index in [1.807, 2.05) is 12.4 Å². The molecular weight excluding hydrogens is 210 g/mol. The van der Waals surface area contributed by atoms with Gasteiger partial charge in [0.15, 0.2) is 0 Å². The van der Waals surface area contributed by atoms with E-state index >= 15 is 0 Å². The van der Waals surface area contributed by atoms with Crippen molar-refractivity contribution in [3.05, 3.63) is 30.1 Å². The second-order valence-corrected chi connectivity index (χ2v) is 5.26. The van der Waals surface area contributed by atoms with Crippen LogP contribution in [0.25, 0.3) is 0 Å². The Bertz CT molecular complexity index is 342. The summed E-state index contributed by atoms with van der Waals surface area (Å²) in [5.74, 6) is 0.975. The molecule has 3 nitrogen and oxygen atoms in total. The third kappa shape index (κ3) is 2.85. The molecule has 0 aromatic carbocycles. The van der Waals surface area contributed by atoms with Crippen LogP contribution in [0.3, 0.4) is 0 Å². The van der Waals surface area contributed by atoms with Crippen LogP contribution < -0.4 is 5.32 Å². The van der Waals surface area contributed by atoms with Crippen LogP contribution in [0, 0.1) is 5.92 Å². The van der Waals surface area contributed by atoms with Gasteiger partial charge < -0.3 is 5.32 Å². The molecule has 1 saturated heterocycles. The molecule has 0 amide bonds. The summed E-state index contributed by atoms with van der Waals surface area (Å²) in [5.41, 5.74) is 1.45. The molecule has 17 heavy (non-hydrogen) atoms. The van der Waals surface area contributed by atoms with Crippen molar-refractivity contribution in [1.29, 1.82) is 0 Å². The molecule has 1 aromatic rings. The van der Waals surface area contributed by atoms with Crippen LogP contribution in [0.15, 0.2) is 24.5 Å². The molecule has 3 heteroatoms. The summed E-state index contributed by atoms with van der Waals surface area (Å²) < 4.78 is 0. The van der Waals surface area contributed by atoms with E-state index in [2.05, 4.69) is 27.3 Å². The van der Waals surface area contributed by atoms with Gasteiger partial charge in [-0.15, -0.1) is 0 Å². The zero-order valence-electron chi connectivity index (χ0n) is 10.3. The quantitative estimate of drug-likeness (QED) is 0.857. The van der Waals surface area contributed by atoms with E-state index in [-0.39, 0.29) is 0 Å². The third-order valence-corrected chi connectivity index (χ3v) is 3.94. The maximum absolute atomic E-state index is 4.14. The zero-order valence-corrected chi connectivity index (χ0v) is 10.3. The largest absolute Gasteiger partial charge is 0.314 e. The van der Waals surface area contributed by atoms with Crippen molar-refractivity contribution in [2.75, 3.05) is 26.2 Å². The Hall–Kier alpha value is -0.930. The number of hydrogen-bond acceptors (Lipinski definition) is 3. The van der Waals surface area contributed by atoms with Crippen LogP contribution in [-0.4, -0.2) is 36.1 Å². The van der Waals surface area contributed by atoms with Crippen LogP contribution >= 0.6 is 0 Å². The molecule has 0 unspecified atom stereocenters. The molecule has 2 aliphatic rings. The van der Waals surface area contributed by atoms with Crippen molar-refractivity contribution in [2.45, 2.75) is 25.3 Å². The molecule has 1 saturated carbocycles. The summed E-state index contributed by atoms with van der Waals surface area (Å²) in [6, 6.07) is 5.00. The van der Waals surface area contributed by atoms with Gasteiger partial charge in [0.2, 0.25) is 0 Å². The third-order valence-electron chi connectivity index (χ3n) is 3.94. The molecule has 1 aliphatic heterocycles. The minimum atomic E-state index is 0.618. The van der Waals surface area contributed by atoms with Gasteiger partial charge in [0.1, 0.15) is 0 Å². The van der Waals surface area contributed by atoms with E-state index in [4.69, 9.17) is 0 Å². The summed E-state index contributed by atoms with van der Waals surface area (Å²) in [6.45, 7) is 4.62. The van der Waals surface area contributed by atoms with Gasteiger partial charge in [-0.05, 0) is 30.0 Å². The number of rotatable bonds is 4. The van der Waals surface area contributed by atoms with Crippen molar-refractivity contribution in [3.63, 3.8) is 0 Å². The maximum Gasteiger partial charge on any atom is 0.0352 e. The SMILES string of the molecule is c1cc([C@@H](CC2CC2)N2CCNCC2)ccn1. The standard InChI is InChI=1S/C14H21N3/c1-2-12(1)11-14(13-3-5-15-6-4-13)17-9-7-16-8-10-17/h3-6,12,14,16H,1-2,7-11H2/t14-/m1/s1. The molecule has 0 bridgehead atoms. The number of pyridine rings is 1. The van der Waals surface area contributed by atoms with Crippen LogP contribution in [0.4, 0.5) is 0 Å². The summed E-state index contributed by atoms with van der Waals surface area (Å²) in [5, 5.41) is 3.44. The average Bonchev–Trinajstić information content (AvgIpc) is 3.22. The van der Waals surface area contributed by atoms with Crippen molar-refractivity contribution in [1.82, 2.24) is 15.2 Å². The van der Waals surface area contributed by atoms with Crippen LogP contribution in [0.1, 0.15) is 30.9 Å². The predicted octanol–water partition coefficient (Wildman–Crippen LogP) is 1.83. The first-order valence-corrected chi connectivity index (χ1v) is 6.78. The van der Waals surface area contributed by atoms with Crippen molar-refractivity contribution >= 4 is 0 Å². The fraction of sp³-hybridized carbons (Fsp3) is 0.643. The molecule has 1 aliphatic carbocycles. The van der Waals surface area contributed by atoms with E-state index in [9.17, 15) is 0 Å². The lowest BCUT2D eigenvalue weighted by molar-refractivity contribution is 0.160. The lowest BCUT2D eigenvalue weighted by atomic mass is 10.00. The molecule has 2 heterocycles. The van der Waals surface area contributed by atoms with Gasteiger partial charge in [0.05, 0.1) is 0 Å². The number of hydrogen-bond donors (Lipinski definition) is 1. The summed E-state index contributed by atoms with van der Waals surface area (Å²) >= 11 is 0. The van der Waals surface area contributed by atoms with Crippen LogP contribution in [0.5, 0.6) is 0 Å². The highest BCUT2D eigenvalue weighted by atomic mass is 15.2. The van der Waals surface area contributed by atoms with Crippen LogP contribution in [0.2, 0.25) is 0 Å². The Labute approximate surface area is 103 Å². The predicted molar refractivity (Wildman–Crippen MR) is 68.8 cm³/mol. The highest BCUT2D eigenvalue weighted by Gasteiger charge is 2.30. The lowest BCUT2D eigenvalue weighted by Crippen LogP contribution is -2.45. The van der Waals surface area contributed by atoms with Gasteiger partial charge in [0, 0.05) is 44.6 Å². The van der Waals surface area contributed by atoms with E-state index in [0.29, 0.717) is 6.04 Å². The fourth-order valence-electron chi connectivity index (χ4n) is 2.74.